The van der Waals surface area contributed by atoms with Crippen LogP contribution in [-0.2, 0) is 42.9 Å². The van der Waals surface area contributed by atoms with Crippen molar-refractivity contribution in [3.05, 3.63) is 135 Å². The van der Waals surface area contributed by atoms with E-state index < -0.39 is 53.5 Å². The number of rotatable bonds is 29. The summed E-state index contributed by atoms with van der Waals surface area (Å²) >= 11 is 2.10. The fourth-order valence-corrected chi connectivity index (χ4v) is 7.52. The van der Waals surface area contributed by atoms with E-state index in [1.807, 2.05) is 91.0 Å². The van der Waals surface area contributed by atoms with Gasteiger partial charge in [0, 0.05) is 41.2 Å². The third kappa shape index (κ3) is 19.4. The summed E-state index contributed by atoms with van der Waals surface area (Å²) in [6.07, 6.45) is -1.46. The lowest BCUT2D eigenvalue weighted by Gasteiger charge is -2.21. The Balaban J connectivity index is 1.30. The molecule has 0 aliphatic carbocycles. The number of carboxylic acids is 1. The van der Waals surface area contributed by atoms with Gasteiger partial charge in [-0.3, -0.25) is 9.59 Å². The van der Waals surface area contributed by atoms with Crippen LogP contribution in [0.3, 0.4) is 0 Å². The zero-order valence-electron chi connectivity index (χ0n) is 36.0. The molecule has 0 spiro atoms. The first-order chi connectivity index (χ1) is 32.1. The molecule has 0 aliphatic heterocycles. The number of aliphatic carboxylic acids is 1. The number of carbonyl (C=O) groups is 6. The molecule has 0 fully saturated rings. The molecular formula is C48H52N2O14S2. The van der Waals surface area contributed by atoms with Gasteiger partial charge in [0.05, 0.1) is 25.4 Å². The topological polar surface area (TPSA) is 211 Å². The van der Waals surface area contributed by atoms with Gasteiger partial charge in [-0.2, -0.15) is 0 Å². The van der Waals surface area contributed by atoms with Gasteiger partial charge >= 0.3 is 36.1 Å². The molecule has 4 aromatic carbocycles. The number of amides is 2. The average Bonchev–Trinajstić information content (AvgIpc) is 3.33. The molecule has 0 saturated heterocycles. The summed E-state index contributed by atoms with van der Waals surface area (Å²) < 4.78 is 38.6. The van der Waals surface area contributed by atoms with Crippen molar-refractivity contribution in [1.82, 2.24) is 10.6 Å². The summed E-state index contributed by atoms with van der Waals surface area (Å²) in [7, 11) is 0. The number of carboxylic acid groups (broad SMARTS) is 1. The molecule has 16 nitrogen and oxygen atoms in total. The van der Waals surface area contributed by atoms with Crippen LogP contribution in [0.2, 0.25) is 0 Å². The van der Waals surface area contributed by atoms with Crippen LogP contribution in [0, 0.1) is 0 Å². The third-order valence-corrected chi connectivity index (χ3v) is 11.3. The van der Waals surface area contributed by atoms with Gasteiger partial charge in [0.2, 0.25) is 0 Å². The Bertz CT molecular complexity index is 2190. The van der Waals surface area contributed by atoms with Crippen LogP contribution < -0.4 is 20.1 Å². The zero-order chi connectivity index (χ0) is 47.4. The Morgan fingerprint density at radius 1 is 0.591 bits per heavy atom. The van der Waals surface area contributed by atoms with E-state index in [4.69, 9.17) is 33.2 Å². The zero-order valence-corrected chi connectivity index (χ0v) is 37.7. The first kappa shape index (κ1) is 51.7. The molecule has 2 unspecified atom stereocenters. The number of hydrogen-bond acceptors (Lipinski definition) is 15. The Morgan fingerprint density at radius 2 is 1.05 bits per heavy atom. The normalized spacial score (nSPS) is 11.9. The van der Waals surface area contributed by atoms with Crippen molar-refractivity contribution in [3.63, 3.8) is 0 Å². The van der Waals surface area contributed by atoms with Crippen LogP contribution in [0.25, 0.3) is 22.3 Å². The van der Waals surface area contributed by atoms with Crippen molar-refractivity contribution < 1.29 is 67.0 Å². The Morgan fingerprint density at radius 3 is 1.52 bits per heavy atom. The van der Waals surface area contributed by atoms with Crippen molar-refractivity contribution in [2.24, 2.45) is 0 Å². The number of benzene rings is 4. The number of nitrogens with one attached hydrogen (secondary N) is 2. The molecule has 0 heterocycles. The molecule has 0 radical (unpaired) electrons. The maximum absolute atomic E-state index is 12.8. The molecule has 4 aromatic rings. The third-order valence-electron chi connectivity index (χ3n) is 8.83. The van der Waals surface area contributed by atoms with Gasteiger partial charge in [0.25, 0.3) is 0 Å². The molecule has 0 bridgehead atoms. The van der Waals surface area contributed by atoms with Gasteiger partial charge in [-0.05, 0) is 23.3 Å². The summed E-state index contributed by atoms with van der Waals surface area (Å²) in [4.78, 5) is 73.2. The molecule has 66 heavy (non-hydrogen) atoms. The van der Waals surface area contributed by atoms with Crippen molar-refractivity contribution in [3.8, 4) is 33.8 Å². The highest BCUT2D eigenvalue weighted by molar-refractivity contribution is 8.00. The smallest absolute Gasteiger partial charge is 0.407 e. The molecule has 4 rings (SSSR count). The van der Waals surface area contributed by atoms with Crippen LogP contribution in [-0.4, -0.2) is 122 Å². The molecule has 3 N–H and O–H groups in total. The highest BCUT2D eigenvalue weighted by Crippen LogP contribution is 2.31. The van der Waals surface area contributed by atoms with Gasteiger partial charge in [0.15, 0.2) is 0 Å². The Hall–Kier alpha value is -6.92. The predicted molar refractivity (Wildman–Crippen MR) is 250 cm³/mol. The number of hydrogen-bond donors (Lipinski definition) is 3. The second-order valence-corrected chi connectivity index (χ2v) is 15.9. The molecule has 350 valence electrons. The fraction of sp³-hybridized carbons (Fsp3) is 0.292. The van der Waals surface area contributed by atoms with Crippen molar-refractivity contribution >= 4 is 59.6 Å². The summed E-state index contributed by atoms with van der Waals surface area (Å²) in [6, 6.07) is 33.8. The van der Waals surface area contributed by atoms with Gasteiger partial charge in [-0.15, -0.1) is 23.5 Å². The van der Waals surface area contributed by atoms with Gasteiger partial charge in [-0.25, -0.2) is 19.2 Å². The maximum Gasteiger partial charge on any atom is 0.407 e. The van der Waals surface area contributed by atoms with Crippen molar-refractivity contribution in [2.75, 3.05) is 63.4 Å². The van der Waals surface area contributed by atoms with Crippen molar-refractivity contribution in [1.29, 1.82) is 0 Å². The van der Waals surface area contributed by atoms with Crippen LogP contribution in [0.1, 0.15) is 6.42 Å². The SMILES string of the molecule is C=CC(=O)OCCNC(=O)OC(COc1ccccc1-c1ccccc1)CSCC(=O)OCCC(SC[C@H](COc1ccccc1-c1ccccc1)OC(=O)NCCOC(=O)C=C)C(=O)O. The quantitative estimate of drug-likeness (QED) is 0.0217. The molecule has 0 saturated carbocycles. The number of alkyl carbamates (subject to hydrolysis) is 2. The largest absolute Gasteiger partial charge is 0.489 e. The minimum atomic E-state index is -1.17. The van der Waals surface area contributed by atoms with Crippen LogP contribution >= 0.6 is 23.5 Å². The monoisotopic (exact) mass is 944 g/mol. The summed E-state index contributed by atoms with van der Waals surface area (Å²) in [5, 5.41) is 14.0. The number of para-hydroxylation sites is 2. The maximum atomic E-state index is 12.8. The summed E-state index contributed by atoms with van der Waals surface area (Å²) in [5.41, 5.74) is 3.45. The van der Waals surface area contributed by atoms with E-state index >= 15 is 0 Å². The summed E-state index contributed by atoms with van der Waals surface area (Å²) in [6.45, 7) is 5.93. The van der Waals surface area contributed by atoms with Crippen LogP contribution in [0.4, 0.5) is 9.59 Å². The van der Waals surface area contributed by atoms with Crippen LogP contribution in [0.5, 0.6) is 11.5 Å². The highest BCUT2D eigenvalue weighted by atomic mass is 32.2. The van der Waals surface area contributed by atoms with Crippen LogP contribution in [0.15, 0.2) is 135 Å². The Labute approximate surface area is 391 Å². The highest BCUT2D eigenvalue weighted by Gasteiger charge is 2.25. The second kappa shape index (κ2) is 29.5. The van der Waals surface area contributed by atoms with E-state index in [-0.39, 0.29) is 69.8 Å². The lowest BCUT2D eigenvalue weighted by atomic mass is 10.1. The number of ether oxygens (including phenoxy) is 7. The van der Waals surface area contributed by atoms with Gasteiger partial charge < -0.3 is 48.9 Å². The predicted octanol–water partition coefficient (Wildman–Crippen LogP) is 6.98. The number of thioether (sulfide) groups is 2. The number of carbonyl (C=O) groups excluding carboxylic acids is 5. The van der Waals surface area contributed by atoms with E-state index in [0.29, 0.717) is 11.5 Å². The van der Waals surface area contributed by atoms with E-state index in [1.54, 1.807) is 18.2 Å². The first-order valence-electron chi connectivity index (χ1n) is 20.7. The first-order valence-corrected chi connectivity index (χ1v) is 22.9. The standard InChI is InChI=1S/C48H52N2O14S2/c1-3-43(51)59-27-24-49-47(56)63-36(29-61-40-21-13-11-19-38(40)34-15-7-5-8-16-34)31-65-33-45(53)58-26-23-42(46(54)55)66-32-37(64-48(57)50-25-28-60-44(52)4-2)30-62-41-22-14-12-20-39(41)35-17-9-6-10-18-35/h3-22,36-37,42H,1-2,23-33H2,(H,49,56)(H,50,57)(H,54,55)/t36?,37-,42?/m0/s1. The lowest BCUT2D eigenvalue weighted by Crippen LogP contribution is -2.36. The second-order valence-electron chi connectivity index (χ2n) is 13.7. The minimum absolute atomic E-state index is 0.0000285. The molecular weight excluding hydrogens is 893 g/mol. The van der Waals surface area contributed by atoms with E-state index in [0.717, 1.165) is 57.9 Å². The molecule has 18 heteroatoms. The van der Waals surface area contributed by atoms with E-state index in [1.165, 1.54) is 0 Å². The Kier molecular flexibility index (Phi) is 23.1. The molecule has 0 aliphatic rings. The van der Waals surface area contributed by atoms with Crippen molar-refractivity contribution in [2.45, 2.75) is 23.9 Å². The molecule has 0 aromatic heterocycles. The number of esters is 3. The fourth-order valence-electron chi connectivity index (χ4n) is 5.71. The van der Waals surface area contributed by atoms with Gasteiger partial charge in [-0.1, -0.05) is 110 Å². The molecule has 3 atom stereocenters. The van der Waals surface area contributed by atoms with E-state index in [2.05, 4.69) is 23.8 Å². The van der Waals surface area contributed by atoms with Gasteiger partial charge in [0.1, 0.15) is 55.4 Å². The van der Waals surface area contributed by atoms with E-state index in [9.17, 15) is 33.9 Å². The minimum Gasteiger partial charge on any atom is -0.489 e. The summed E-state index contributed by atoms with van der Waals surface area (Å²) in [5.74, 6) is -2.04. The molecule has 2 amide bonds. The lowest BCUT2D eigenvalue weighted by molar-refractivity contribution is -0.142. The average molecular weight is 945 g/mol.